The fourth-order valence-corrected chi connectivity index (χ4v) is 2.97. The van der Waals surface area contributed by atoms with Crippen LogP contribution < -0.4 is 10.6 Å². The van der Waals surface area contributed by atoms with Crippen molar-refractivity contribution in [3.8, 4) is 0 Å². The minimum Gasteiger partial charge on any atom is -0.339 e. The molecule has 0 bridgehead atoms. The van der Waals surface area contributed by atoms with E-state index in [9.17, 15) is 9.59 Å². The smallest absolute Gasteiger partial charge is 0.253 e. The third kappa shape index (κ3) is 6.08. The highest BCUT2D eigenvalue weighted by Crippen LogP contribution is 2.17. The van der Waals surface area contributed by atoms with Crippen molar-refractivity contribution in [1.82, 2.24) is 10.2 Å². The van der Waals surface area contributed by atoms with Gasteiger partial charge in [0.15, 0.2) is 0 Å². The van der Waals surface area contributed by atoms with Crippen LogP contribution in [0.1, 0.15) is 42.7 Å². The standard InChI is InChI=1S/C21H26ClN3O2/c1-4-25(5-2)21(27)17-9-7-11-19(13-17)24-20(26)14-23-15(3)16-8-6-10-18(22)12-16/h6-13,15,23H,4-5,14H2,1-3H3,(H,24,26)/t15-/m0/s1. The molecule has 0 aliphatic rings. The topological polar surface area (TPSA) is 61.4 Å². The lowest BCUT2D eigenvalue weighted by molar-refractivity contribution is -0.115. The second-order valence-corrected chi connectivity index (χ2v) is 6.70. The number of hydrogen-bond donors (Lipinski definition) is 2. The Labute approximate surface area is 165 Å². The number of hydrogen-bond acceptors (Lipinski definition) is 3. The van der Waals surface area contributed by atoms with Gasteiger partial charge in [0.2, 0.25) is 5.91 Å². The maximum Gasteiger partial charge on any atom is 0.253 e. The van der Waals surface area contributed by atoms with E-state index in [-0.39, 0.29) is 24.4 Å². The summed E-state index contributed by atoms with van der Waals surface area (Å²) in [5.41, 5.74) is 2.19. The number of benzene rings is 2. The molecule has 0 saturated carbocycles. The first kappa shape index (κ1) is 20.9. The van der Waals surface area contributed by atoms with Crippen molar-refractivity contribution in [2.24, 2.45) is 0 Å². The van der Waals surface area contributed by atoms with E-state index >= 15 is 0 Å². The zero-order chi connectivity index (χ0) is 19.8. The van der Waals surface area contributed by atoms with E-state index in [1.165, 1.54) is 0 Å². The molecule has 1 atom stereocenters. The quantitative estimate of drug-likeness (QED) is 0.716. The molecule has 2 N–H and O–H groups in total. The van der Waals surface area contributed by atoms with Crippen molar-refractivity contribution >= 4 is 29.1 Å². The predicted octanol–water partition coefficient (Wildman–Crippen LogP) is 4.11. The second kappa shape index (κ2) is 10.1. The second-order valence-electron chi connectivity index (χ2n) is 6.26. The highest BCUT2D eigenvalue weighted by atomic mass is 35.5. The highest BCUT2D eigenvalue weighted by Gasteiger charge is 2.13. The molecule has 144 valence electrons. The third-order valence-electron chi connectivity index (χ3n) is 4.36. The summed E-state index contributed by atoms with van der Waals surface area (Å²) in [5, 5.41) is 6.67. The Morgan fingerprint density at radius 1 is 1.07 bits per heavy atom. The van der Waals surface area contributed by atoms with Gasteiger partial charge in [-0.3, -0.25) is 9.59 Å². The molecule has 0 radical (unpaired) electrons. The lowest BCUT2D eigenvalue weighted by Crippen LogP contribution is -2.31. The van der Waals surface area contributed by atoms with Crippen LogP contribution in [0.2, 0.25) is 5.02 Å². The van der Waals surface area contributed by atoms with Crippen LogP contribution in [0.3, 0.4) is 0 Å². The Hall–Kier alpha value is -2.37. The number of nitrogens with one attached hydrogen (secondary N) is 2. The summed E-state index contributed by atoms with van der Waals surface area (Å²) in [6, 6.07) is 14.5. The van der Waals surface area contributed by atoms with Crippen LogP contribution in [0, 0.1) is 0 Å². The monoisotopic (exact) mass is 387 g/mol. The van der Waals surface area contributed by atoms with E-state index in [4.69, 9.17) is 11.6 Å². The summed E-state index contributed by atoms with van der Waals surface area (Å²) in [4.78, 5) is 26.4. The summed E-state index contributed by atoms with van der Waals surface area (Å²) >= 11 is 6.00. The van der Waals surface area contributed by atoms with Gasteiger partial charge in [-0.1, -0.05) is 29.8 Å². The predicted molar refractivity (Wildman–Crippen MR) is 110 cm³/mol. The van der Waals surface area contributed by atoms with Crippen LogP contribution in [-0.2, 0) is 4.79 Å². The van der Waals surface area contributed by atoms with E-state index < -0.39 is 0 Å². The lowest BCUT2D eigenvalue weighted by Gasteiger charge is -2.19. The minimum atomic E-state index is -0.170. The molecular formula is C21H26ClN3O2. The molecule has 0 aliphatic heterocycles. The Kier molecular flexibility index (Phi) is 7.82. The Bertz CT molecular complexity index is 791. The molecular weight excluding hydrogens is 362 g/mol. The molecule has 0 saturated heterocycles. The Balaban J connectivity index is 1.94. The molecule has 0 heterocycles. The van der Waals surface area contributed by atoms with E-state index in [1.54, 1.807) is 29.2 Å². The Morgan fingerprint density at radius 2 is 1.78 bits per heavy atom. The van der Waals surface area contributed by atoms with Crippen LogP contribution in [0.5, 0.6) is 0 Å². The summed E-state index contributed by atoms with van der Waals surface area (Å²) < 4.78 is 0. The molecule has 2 aromatic rings. The summed E-state index contributed by atoms with van der Waals surface area (Å²) in [6.45, 7) is 7.32. The van der Waals surface area contributed by atoms with Crippen LogP contribution in [0.4, 0.5) is 5.69 Å². The van der Waals surface area contributed by atoms with E-state index in [2.05, 4.69) is 10.6 Å². The van der Waals surface area contributed by atoms with Crippen molar-refractivity contribution in [2.45, 2.75) is 26.8 Å². The van der Waals surface area contributed by atoms with Crippen molar-refractivity contribution < 1.29 is 9.59 Å². The average Bonchev–Trinajstić information content (AvgIpc) is 2.67. The van der Waals surface area contributed by atoms with Crippen LogP contribution in [0.25, 0.3) is 0 Å². The zero-order valence-electron chi connectivity index (χ0n) is 16.0. The fourth-order valence-electron chi connectivity index (χ4n) is 2.77. The molecule has 0 aromatic heterocycles. The van der Waals surface area contributed by atoms with Gasteiger partial charge in [0.25, 0.3) is 5.91 Å². The molecule has 2 aromatic carbocycles. The fraction of sp³-hybridized carbons (Fsp3) is 0.333. The number of rotatable bonds is 8. The van der Waals surface area contributed by atoms with Gasteiger partial charge in [0, 0.05) is 35.4 Å². The SMILES string of the molecule is CCN(CC)C(=O)c1cccc(NC(=O)CN[C@@H](C)c2cccc(Cl)c2)c1. The van der Waals surface area contributed by atoms with Crippen molar-refractivity contribution in [3.63, 3.8) is 0 Å². The number of amides is 2. The van der Waals surface area contributed by atoms with Crippen molar-refractivity contribution in [3.05, 3.63) is 64.7 Å². The van der Waals surface area contributed by atoms with Gasteiger partial charge in [-0.25, -0.2) is 0 Å². The van der Waals surface area contributed by atoms with Crippen molar-refractivity contribution in [2.75, 3.05) is 25.0 Å². The average molecular weight is 388 g/mol. The molecule has 27 heavy (non-hydrogen) atoms. The largest absolute Gasteiger partial charge is 0.339 e. The molecule has 0 aliphatic carbocycles. The van der Waals surface area contributed by atoms with Gasteiger partial charge < -0.3 is 15.5 Å². The molecule has 2 rings (SSSR count). The first-order valence-corrected chi connectivity index (χ1v) is 9.50. The van der Waals surface area contributed by atoms with Crippen molar-refractivity contribution in [1.29, 1.82) is 0 Å². The van der Waals surface area contributed by atoms with Gasteiger partial charge in [0.05, 0.1) is 6.54 Å². The maximum atomic E-state index is 12.4. The molecule has 2 amide bonds. The number of halogens is 1. The molecule has 0 fully saturated rings. The molecule has 0 spiro atoms. The lowest BCUT2D eigenvalue weighted by atomic mass is 10.1. The first-order valence-electron chi connectivity index (χ1n) is 9.12. The Morgan fingerprint density at radius 3 is 2.44 bits per heavy atom. The van der Waals surface area contributed by atoms with Crippen LogP contribution >= 0.6 is 11.6 Å². The van der Waals surface area contributed by atoms with Gasteiger partial charge >= 0.3 is 0 Å². The number of carbonyl (C=O) groups is 2. The summed E-state index contributed by atoms with van der Waals surface area (Å²) in [7, 11) is 0. The van der Waals surface area contributed by atoms with E-state index in [0.29, 0.717) is 29.4 Å². The highest BCUT2D eigenvalue weighted by molar-refractivity contribution is 6.30. The third-order valence-corrected chi connectivity index (χ3v) is 4.60. The number of carbonyl (C=O) groups excluding carboxylic acids is 2. The van der Waals surface area contributed by atoms with E-state index in [1.807, 2.05) is 45.0 Å². The normalized spacial score (nSPS) is 11.7. The zero-order valence-corrected chi connectivity index (χ0v) is 16.7. The minimum absolute atomic E-state index is 0.00923. The number of nitrogens with zero attached hydrogens (tertiary/aromatic N) is 1. The van der Waals surface area contributed by atoms with Crippen LogP contribution in [0.15, 0.2) is 48.5 Å². The first-order chi connectivity index (χ1) is 12.9. The van der Waals surface area contributed by atoms with E-state index in [0.717, 1.165) is 5.56 Å². The van der Waals surface area contributed by atoms with Gasteiger partial charge in [-0.15, -0.1) is 0 Å². The molecule has 0 unspecified atom stereocenters. The summed E-state index contributed by atoms with van der Waals surface area (Å²) in [6.07, 6.45) is 0. The molecule has 6 heteroatoms. The number of anilines is 1. The van der Waals surface area contributed by atoms with Gasteiger partial charge in [-0.2, -0.15) is 0 Å². The summed E-state index contributed by atoms with van der Waals surface area (Å²) in [5.74, 6) is -0.208. The molecule has 5 nitrogen and oxygen atoms in total. The van der Waals surface area contributed by atoms with Gasteiger partial charge in [-0.05, 0) is 56.7 Å². The van der Waals surface area contributed by atoms with Crippen LogP contribution in [-0.4, -0.2) is 36.3 Å². The van der Waals surface area contributed by atoms with Gasteiger partial charge in [0.1, 0.15) is 0 Å². The maximum absolute atomic E-state index is 12.4.